The van der Waals surface area contributed by atoms with Gasteiger partial charge in [-0.25, -0.2) is 5.43 Å². The Bertz CT molecular complexity index is 970. The molecule has 0 spiro atoms. The second-order valence-electron chi connectivity index (χ2n) is 7.15. The molecule has 3 aromatic rings. The average Bonchev–Trinajstić information content (AvgIpc) is 3.05. The molecule has 28 heavy (non-hydrogen) atoms. The van der Waals surface area contributed by atoms with Crippen LogP contribution in [-0.4, -0.2) is 45.3 Å². The van der Waals surface area contributed by atoms with Gasteiger partial charge in [-0.2, -0.15) is 20.1 Å². The fourth-order valence-corrected chi connectivity index (χ4v) is 3.25. The number of nitrogens with one attached hydrogen (secondary N) is 2. The molecule has 8 nitrogen and oxygen atoms in total. The number of hydrogen-bond donors (Lipinski definition) is 2. The van der Waals surface area contributed by atoms with Gasteiger partial charge in [0.2, 0.25) is 5.95 Å². The van der Waals surface area contributed by atoms with Crippen molar-refractivity contribution in [3.05, 3.63) is 35.5 Å². The summed E-state index contributed by atoms with van der Waals surface area (Å²) in [6.07, 6.45) is 3.68. The minimum atomic E-state index is 0.234. The number of hydrogen-bond acceptors (Lipinski definition) is 7. The molecular formula is C20H27N7O. The van der Waals surface area contributed by atoms with Crippen LogP contribution < -0.4 is 15.1 Å². The first-order valence-corrected chi connectivity index (χ1v) is 9.35. The first-order valence-electron chi connectivity index (χ1n) is 9.35. The predicted octanol–water partition coefficient (Wildman–Crippen LogP) is 3.74. The van der Waals surface area contributed by atoms with E-state index in [0.717, 1.165) is 16.5 Å². The van der Waals surface area contributed by atoms with E-state index in [1.165, 1.54) is 12.7 Å². The van der Waals surface area contributed by atoms with Gasteiger partial charge in [-0.3, -0.25) is 0 Å². The summed E-state index contributed by atoms with van der Waals surface area (Å²) < 4.78 is 5.24. The van der Waals surface area contributed by atoms with Crippen molar-refractivity contribution in [2.75, 3.05) is 17.4 Å². The van der Waals surface area contributed by atoms with Crippen LogP contribution in [0.5, 0.6) is 6.01 Å². The molecule has 0 aliphatic carbocycles. The largest absolute Gasteiger partial charge is 0.467 e. The van der Waals surface area contributed by atoms with Crippen LogP contribution in [0.3, 0.4) is 0 Å². The summed E-state index contributed by atoms with van der Waals surface area (Å²) in [7, 11) is 1.54. The molecule has 0 amide bonds. The number of ether oxygens (including phenoxy) is 1. The average molecular weight is 381 g/mol. The van der Waals surface area contributed by atoms with Gasteiger partial charge in [0.25, 0.3) is 5.95 Å². The zero-order valence-electron chi connectivity index (χ0n) is 17.2. The molecule has 2 N–H and O–H groups in total. The second-order valence-corrected chi connectivity index (χ2v) is 7.15. The fourth-order valence-electron chi connectivity index (χ4n) is 3.25. The number of fused-ring (bicyclic) bond motifs is 1. The SMILES string of the molecule is COc1nc(NN=Cc2c[nH]c3c(C)cccc23)nc(N(C(C)C)C(C)C)n1. The Hall–Kier alpha value is -3.16. The highest BCUT2D eigenvalue weighted by Crippen LogP contribution is 2.21. The Morgan fingerprint density at radius 3 is 2.57 bits per heavy atom. The van der Waals surface area contributed by atoms with Crippen molar-refractivity contribution in [1.82, 2.24) is 19.9 Å². The lowest BCUT2D eigenvalue weighted by Crippen LogP contribution is -2.38. The Balaban J connectivity index is 1.86. The summed E-state index contributed by atoms with van der Waals surface area (Å²) in [5.41, 5.74) is 6.18. The van der Waals surface area contributed by atoms with Crippen LogP contribution in [0.15, 0.2) is 29.5 Å². The number of benzene rings is 1. The van der Waals surface area contributed by atoms with Crippen molar-refractivity contribution in [3.63, 3.8) is 0 Å². The number of aromatic nitrogens is 4. The van der Waals surface area contributed by atoms with E-state index in [9.17, 15) is 0 Å². The molecule has 148 valence electrons. The number of nitrogens with zero attached hydrogens (tertiary/aromatic N) is 5. The van der Waals surface area contributed by atoms with Crippen LogP contribution in [0.2, 0.25) is 0 Å². The number of para-hydroxylation sites is 1. The number of hydrazone groups is 1. The number of methoxy groups -OCH3 is 1. The van der Waals surface area contributed by atoms with Gasteiger partial charge in [0, 0.05) is 34.7 Å². The van der Waals surface area contributed by atoms with Gasteiger partial charge < -0.3 is 14.6 Å². The van der Waals surface area contributed by atoms with Crippen molar-refractivity contribution in [3.8, 4) is 6.01 Å². The number of aromatic amines is 1. The summed E-state index contributed by atoms with van der Waals surface area (Å²) in [4.78, 5) is 18.5. The maximum absolute atomic E-state index is 5.24. The van der Waals surface area contributed by atoms with E-state index in [0.29, 0.717) is 11.9 Å². The molecule has 0 fully saturated rings. The van der Waals surface area contributed by atoms with Crippen LogP contribution in [0.25, 0.3) is 10.9 Å². The molecule has 0 bridgehead atoms. The van der Waals surface area contributed by atoms with Crippen LogP contribution in [0.1, 0.15) is 38.8 Å². The minimum absolute atomic E-state index is 0.234. The molecule has 0 aliphatic heterocycles. The normalized spacial score (nSPS) is 11.7. The first kappa shape index (κ1) is 19.6. The van der Waals surface area contributed by atoms with E-state index in [1.54, 1.807) is 6.21 Å². The van der Waals surface area contributed by atoms with Crippen LogP contribution >= 0.6 is 0 Å². The summed E-state index contributed by atoms with van der Waals surface area (Å²) >= 11 is 0. The van der Waals surface area contributed by atoms with E-state index in [1.807, 2.05) is 12.3 Å². The van der Waals surface area contributed by atoms with Gasteiger partial charge in [-0.1, -0.05) is 18.2 Å². The van der Waals surface area contributed by atoms with E-state index in [2.05, 4.69) is 82.1 Å². The molecule has 8 heteroatoms. The summed E-state index contributed by atoms with van der Waals surface area (Å²) in [5.74, 6) is 0.887. The predicted molar refractivity (Wildman–Crippen MR) is 113 cm³/mol. The number of anilines is 2. The lowest BCUT2D eigenvalue weighted by molar-refractivity contribution is 0.377. The standard InChI is InChI=1S/C20H27N7O/c1-12(2)27(13(3)4)19-23-18(24-20(25-19)28-6)26-22-11-15-10-21-17-14(5)8-7-9-16(15)17/h7-13,21H,1-6H3,(H,23,24,25,26). The molecule has 1 aromatic carbocycles. The zero-order chi connectivity index (χ0) is 20.3. The maximum Gasteiger partial charge on any atom is 0.322 e. The van der Waals surface area contributed by atoms with E-state index in [-0.39, 0.29) is 18.1 Å². The van der Waals surface area contributed by atoms with E-state index >= 15 is 0 Å². The lowest BCUT2D eigenvalue weighted by Gasteiger charge is -2.30. The van der Waals surface area contributed by atoms with Gasteiger partial charge in [0.15, 0.2) is 0 Å². The fraction of sp³-hybridized carbons (Fsp3) is 0.400. The van der Waals surface area contributed by atoms with Gasteiger partial charge in [-0.05, 0) is 40.2 Å². The minimum Gasteiger partial charge on any atom is -0.467 e. The van der Waals surface area contributed by atoms with Gasteiger partial charge in [0.05, 0.1) is 13.3 Å². The van der Waals surface area contributed by atoms with Gasteiger partial charge >= 0.3 is 6.01 Å². The third-order valence-corrected chi connectivity index (χ3v) is 4.45. The first-order chi connectivity index (χ1) is 13.4. The third-order valence-electron chi connectivity index (χ3n) is 4.45. The molecule has 0 unspecified atom stereocenters. The molecule has 0 saturated heterocycles. The molecule has 2 heterocycles. The Morgan fingerprint density at radius 1 is 1.14 bits per heavy atom. The van der Waals surface area contributed by atoms with E-state index in [4.69, 9.17) is 4.74 Å². The smallest absolute Gasteiger partial charge is 0.322 e. The van der Waals surface area contributed by atoms with Crippen molar-refractivity contribution in [2.24, 2.45) is 5.10 Å². The quantitative estimate of drug-likeness (QED) is 0.478. The van der Waals surface area contributed by atoms with Crippen molar-refractivity contribution in [1.29, 1.82) is 0 Å². The molecule has 0 saturated carbocycles. The maximum atomic E-state index is 5.24. The number of aryl methyl sites for hydroxylation is 1. The molecule has 0 radical (unpaired) electrons. The molecule has 0 aliphatic rings. The van der Waals surface area contributed by atoms with Crippen molar-refractivity contribution >= 4 is 29.0 Å². The molecule has 3 rings (SSSR count). The van der Waals surface area contributed by atoms with Crippen LogP contribution in [-0.2, 0) is 0 Å². The lowest BCUT2D eigenvalue weighted by atomic mass is 10.1. The van der Waals surface area contributed by atoms with Gasteiger partial charge in [0.1, 0.15) is 0 Å². The monoisotopic (exact) mass is 381 g/mol. The highest BCUT2D eigenvalue weighted by Gasteiger charge is 2.19. The van der Waals surface area contributed by atoms with Gasteiger partial charge in [-0.15, -0.1) is 0 Å². The van der Waals surface area contributed by atoms with Crippen molar-refractivity contribution in [2.45, 2.75) is 46.7 Å². The number of H-pyrrole nitrogens is 1. The highest BCUT2D eigenvalue weighted by atomic mass is 16.5. The van der Waals surface area contributed by atoms with E-state index < -0.39 is 0 Å². The third kappa shape index (κ3) is 4.05. The van der Waals surface area contributed by atoms with Crippen molar-refractivity contribution < 1.29 is 4.74 Å². The number of rotatable bonds is 7. The molecule has 2 aromatic heterocycles. The Kier molecular flexibility index (Phi) is 5.77. The zero-order valence-corrected chi connectivity index (χ0v) is 17.2. The molecular weight excluding hydrogens is 354 g/mol. The molecule has 0 atom stereocenters. The summed E-state index contributed by atoms with van der Waals surface area (Å²) in [5, 5.41) is 5.42. The van der Waals surface area contributed by atoms with Crippen LogP contribution in [0, 0.1) is 6.92 Å². The summed E-state index contributed by atoms with van der Waals surface area (Å²) in [6, 6.07) is 6.89. The summed E-state index contributed by atoms with van der Waals surface area (Å²) in [6.45, 7) is 10.5. The highest BCUT2D eigenvalue weighted by molar-refractivity contribution is 6.00. The topological polar surface area (TPSA) is 91.3 Å². The Labute approximate surface area is 165 Å². The Morgan fingerprint density at radius 2 is 1.89 bits per heavy atom. The van der Waals surface area contributed by atoms with Crippen LogP contribution in [0.4, 0.5) is 11.9 Å². The second kappa shape index (κ2) is 8.24.